The number of benzene rings is 1. The summed E-state index contributed by atoms with van der Waals surface area (Å²) in [6, 6.07) is 7.95. The number of nitrogens with zero attached hydrogens (tertiary/aromatic N) is 3. The highest BCUT2D eigenvalue weighted by Crippen LogP contribution is 2.24. The molecule has 0 bridgehead atoms. The molecule has 0 unspecified atom stereocenters. The van der Waals surface area contributed by atoms with Crippen LogP contribution in [0.1, 0.15) is 12.0 Å². The first-order chi connectivity index (χ1) is 10.1. The van der Waals surface area contributed by atoms with Crippen LogP contribution in [0.25, 0.3) is 0 Å². The van der Waals surface area contributed by atoms with Gasteiger partial charge in [-0.05, 0) is 34.1 Å². The standard InChI is InChI=1S/C15H18BrN3O2/c1-21-15(20)4-5-18-6-8-19(9-7-18)13-3-2-12(11-17)14(16)10-13/h2-3,10H,4-9H2,1H3. The van der Waals surface area contributed by atoms with Crippen LogP contribution in [0.2, 0.25) is 0 Å². The molecule has 0 spiro atoms. The number of anilines is 1. The van der Waals surface area contributed by atoms with E-state index in [0.29, 0.717) is 12.0 Å². The van der Waals surface area contributed by atoms with Crippen molar-refractivity contribution >= 4 is 27.6 Å². The van der Waals surface area contributed by atoms with Crippen molar-refractivity contribution in [1.82, 2.24) is 4.90 Å². The number of nitriles is 1. The molecule has 2 rings (SSSR count). The first-order valence-corrected chi connectivity index (χ1v) is 7.67. The number of hydrogen-bond acceptors (Lipinski definition) is 5. The van der Waals surface area contributed by atoms with Gasteiger partial charge in [0.15, 0.2) is 0 Å². The van der Waals surface area contributed by atoms with Gasteiger partial charge < -0.3 is 9.64 Å². The Balaban J connectivity index is 1.88. The smallest absolute Gasteiger partial charge is 0.306 e. The number of esters is 1. The van der Waals surface area contributed by atoms with Gasteiger partial charge in [-0.2, -0.15) is 5.26 Å². The van der Waals surface area contributed by atoms with Crippen LogP contribution in [-0.4, -0.2) is 50.7 Å². The number of carbonyl (C=O) groups excluding carboxylic acids is 1. The number of ether oxygens (including phenoxy) is 1. The summed E-state index contributed by atoms with van der Waals surface area (Å²) in [5.41, 5.74) is 1.77. The molecular weight excluding hydrogens is 334 g/mol. The fourth-order valence-corrected chi connectivity index (χ4v) is 2.83. The molecule has 5 nitrogen and oxygen atoms in total. The third-order valence-corrected chi connectivity index (χ3v) is 4.33. The Morgan fingerprint density at radius 2 is 2.10 bits per heavy atom. The summed E-state index contributed by atoms with van der Waals surface area (Å²) in [4.78, 5) is 15.7. The first-order valence-electron chi connectivity index (χ1n) is 6.88. The van der Waals surface area contributed by atoms with E-state index < -0.39 is 0 Å². The highest BCUT2D eigenvalue weighted by atomic mass is 79.9. The molecule has 1 saturated heterocycles. The van der Waals surface area contributed by atoms with Crippen molar-refractivity contribution in [2.24, 2.45) is 0 Å². The van der Waals surface area contributed by atoms with E-state index in [1.54, 1.807) is 0 Å². The van der Waals surface area contributed by atoms with Gasteiger partial charge in [0.25, 0.3) is 0 Å². The van der Waals surface area contributed by atoms with Gasteiger partial charge >= 0.3 is 5.97 Å². The third kappa shape index (κ3) is 4.19. The maximum absolute atomic E-state index is 11.1. The van der Waals surface area contributed by atoms with Crippen LogP contribution in [0, 0.1) is 11.3 Å². The fourth-order valence-electron chi connectivity index (χ4n) is 2.37. The molecule has 1 aliphatic rings. The van der Waals surface area contributed by atoms with Crippen LogP contribution in [0.5, 0.6) is 0 Å². The highest BCUT2D eigenvalue weighted by molar-refractivity contribution is 9.10. The number of methoxy groups -OCH3 is 1. The molecule has 0 N–H and O–H groups in total. The van der Waals surface area contributed by atoms with Crippen LogP contribution >= 0.6 is 15.9 Å². The van der Waals surface area contributed by atoms with Crippen LogP contribution < -0.4 is 4.90 Å². The van der Waals surface area contributed by atoms with Gasteiger partial charge in [-0.3, -0.25) is 9.69 Å². The summed E-state index contributed by atoms with van der Waals surface area (Å²) in [7, 11) is 1.42. The van der Waals surface area contributed by atoms with E-state index >= 15 is 0 Å². The van der Waals surface area contributed by atoms with E-state index in [9.17, 15) is 4.79 Å². The molecule has 1 heterocycles. The number of hydrogen-bond donors (Lipinski definition) is 0. The number of rotatable bonds is 4. The van der Waals surface area contributed by atoms with E-state index in [2.05, 4.69) is 36.5 Å². The Bertz CT molecular complexity index is 548. The molecule has 1 aliphatic heterocycles. The quantitative estimate of drug-likeness (QED) is 0.776. The molecule has 0 aromatic heterocycles. The van der Waals surface area contributed by atoms with Crippen molar-refractivity contribution in [3.05, 3.63) is 28.2 Å². The molecule has 1 aromatic rings. The molecule has 0 atom stereocenters. The van der Waals surface area contributed by atoms with Crippen molar-refractivity contribution in [3.8, 4) is 6.07 Å². The van der Waals surface area contributed by atoms with Crippen molar-refractivity contribution < 1.29 is 9.53 Å². The highest BCUT2D eigenvalue weighted by Gasteiger charge is 2.18. The van der Waals surface area contributed by atoms with Crippen LogP contribution in [0.4, 0.5) is 5.69 Å². The molecule has 0 saturated carbocycles. The zero-order valence-electron chi connectivity index (χ0n) is 12.0. The van der Waals surface area contributed by atoms with Gasteiger partial charge in [-0.25, -0.2) is 0 Å². The van der Waals surface area contributed by atoms with Gasteiger partial charge in [-0.15, -0.1) is 0 Å². The fraction of sp³-hybridized carbons (Fsp3) is 0.467. The first kappa shape index (κ1) is 15.8. The minimum atomic E-state index is -0.159. The molecule has 0 amide bonds. The third-order valence-electron chi connectivity index (χ3n) is 3.67. The van der Waals surface area contributed by atoms with E-state index in [1.807, 2.05) is 18.2 Å². The van der Waals surface area contributed by atoms with Crippen molar-refractivity contribution in [2.75, 3.05) is 44.7 Å². The van der Waals surface area contributed by atoms with Crippen LogP contribution in [0.15, 0.2) is 22.7 Å². The van der Waals surface area contributed by atoms with Crippen LogP contribution in [0.3, 0.4) is 0 Å². The monoisotopic (exact) mass is 351 g/mol. The number of piperazine rings is 1. The zero-order valence-corrected chi connectivity index (χ0v) is 13.6. The normalized spacial score (nSPS) is 15.6. The second kappa shape index (κ2) is 7.43. The average Bonchev–Trinajstić information content (AvgIpc) is 2.53. The Labute approximate surface area is 133 Å². The lowest BCUT2D eigenvalue weighted by Crippen LogP contribution is -2.47. The summed E-state index contributed by atoms with van der Waals surface area (Å²) < 4.78 is 5.49. The van der Waals surface area contributed by atoms with E-state index in [1.165, 1.54) is 7.11 Å². The lowest BCUT2D eigenvalue weighted by Gasteiger charge is -2.36. The van der Waals surface area contributed by atoms with Gasteiger partial charge in [0.2, 0.25) is 0 Å². The van der Waals surface area contributed by atoms with Gasteiger partial charge in [0.05, 0.1) is 19.1 Å². The lowest BCUT2D eigenvalue weighted by molar-refractivity contribution is -0.141. The SMILES string of the molecule is COC(=O)CCN1CCN(c2ccc(C#N)c(Br)c2)CC1. The summed E-state index contributed by atoms with van der Waals surface area (Å²) in [5, 5.41) is 8.94. The average molecular weight is 352 g/mol. The van der Waals surface area contributed by atoms with Gasteiger partial charge in [0.1, 0.15) is 6.07 Å². The Hall–Kier alpha value is -1.58. The number of halogens is 1. The van der Waals surface area contributed by atoms with Crippen molar-refractivity contribution in [1.29, 1.82) is 5.26 Å². The zero-order chi connectivity index (χ0) is 15.2. The van der Waals surface area contributed by atoms with E-state index in [4.69, 9.17) is 5.26 Å². The minimum absolute atomic E-state index is 0.159. The molecule has 21 heavy (non-hydrogen) atoms. The molecule has 0 aliphatic carbocycles. The summed E-state index contributed by atoms with van der Waals surface area (Å²) in [5.74, 6) is -0.159. The maximum atomic E-state index is 11.1. The Morgan fingerprint density at radius 1 is 1.38 bits per heavy atom. The van der Waals surface area contributed by atoms with E-state index in [-0.39, 0.29) is 5.97 Å². The molecule has 1 fully saturated rings. The van der Waals surface area contributed by atoms with Gasteiger partial charge in [-0.1, -0.05) is 0 Å². The predicted molar refractivity (Wildman–Crippen MR) is 84.1 cm³/mol. The second-order valence-electron chi connectivity index (χ2n) is 4.93. The minimum Gasteiger partial charge on any atom is -0.469 e. The molecule has 6 heteroatoms. The van der Waals surface area contributed by atoms with E-state index in [0.717, 1.165) is 42.9 Å². The maximum Gasteiger partial charge on any atom is 0.306 e. The largest absolute Gasteiger partial charge is 0.469 e. The number of carbonyl (C=O) groups is 1. The summed E-state index contributed by atoms with van der Waals surface area (Å²) >= 11 is 3.42. The molecule has 1 aromatic carbocycles. The summed E-state index contributed by atoms with van der Waals surface area (Å²) in [6.07, 6.45) is 0.443. The summed E-state index contributed by atoms with van der Waals surface area (Å²) in [6.45, 7) is 4.43. The Morgan fingerprint density at radius 3 is 2.67 bits per heavy atom. The molecule has 112 valence electrons. The van der Waals surface area contributed by atoms with Crippen molar-refractivity contribution in [2.45, 2.75) is 6.42 Å². The topological polar surface area (TPSA) is 56.6 Å². The Kier molecular flexibility index (Phi) is 5.59. The predicted octanol–water partition coefficient (Wildman–Crippen LogP) is 2.01. The second-order valence-corrected chi connectivity index (χ2v) is 5.79. The lowest BCUT2D eigenvalue weighted by atomic mass is 10.2. The molecule has 0 radical (unpaired) electrons. The molecular formula is C15H18BrN3O2. The van der Waals surface area contributed by atoms with Crippen molar-refractivity contribution in [3.63, 3.8) is 0 Å². The van der Waals surface area contributed by atoms with Crippen LogP contribution in [-0.2, 0) is 9.53 Å². The van der Waals surface area contributed by atoms with Gasteiger partial charge in [0, 0.05) is 42.9 Å².